The monoisotopic (exact) mass is 329 g/mol. The topological polar surface area (TPSA) is 48.9 Å². The molecule has 2 heterocycles. The molecule has 1 aromatic heterocycles. The van der Waals surface area contributed by atoms with Gasteiger partial charge < -0.3 is 0 Å². The van der Waals surface area contributed by atoms with Gasteiger partial charge in [0.2, 0.25) is 0 Å². The van der Waals surface area contributed by atoms with Gasteiger partial charge in [0.25, 0.3) is 0 Å². The van der Waals surface area contributed by atoms with Crippen LogP contribution in [0.25, 0.3) is 5.69 Å². The largest absolute Gasteiger partial charge is 0.352 e. The number of para-hydroxylation sites is 1. The molecule has 5 rings (SSSR count). The molecule has 0 amide bonds. The first-order valence-electron chi connectivity index (χ1n) is 8.22. The Labute approximate surface area is 143 Å². The number of nitrogens with zero attached hydrogens (tertiary/aromatic N) is 3. The Morgan fingerprint density at radius 2 is 1.28 bits per heavy atom. The summed E-state index contributed by atoms with van der Waals surface area (Å²) in [5.74, 6) is 0. The van der Waals surface area contributed by atoms with Crippen LogP contribution >= 0.6 is 0 Å². The van der Waals surface area contributed by atoms with E-state index in [9.17, 15) is 9.59 Å². The normalized spacial score (nSPS) is 22.7. The third-order valence-corrected chi connectivity index (χ3v) is 4.88. The van der Waals surface area contributed by atoms with E-state index >= 15 is 0 Å². The molecule has 5 heteroatoms. The average molecular weight is 329 g/mol. The van der Waals surface area contributed by atoms with Crippen LogP contribution in [0.15, 0.2) is 99.7 Å². The van der Waals surface area contributed by atoms with Gasteiger partial charge in [-0.3, -0.25) is 0 Å². The minimum atomic E-state index is -0.315. The third-order valence-electron chi connectivity index (χ3n) is 4.88. The summed E-state index contributed by atoms with van der Waals surface area (Å²) in [7, 11) is 0. The fraction of sp³-hybridized carbons (Fsp3) is 0.100. The summed E-state index contributed by atoms with van der Waals surface area (Å²) in [6, 6.07) is 8.54. The molecule has 3 aliphatic rings. The highest BCUT2D eigenvalue weighted by atomic mass is 16.2. The molecule has 0 saturated heterocycles. The lowest BCUT2D eigenvalue weighted by Crippen LogP contribution is -2.30. The highest BCUT2D eigenvalue weighted by molar-refractivity contribution is 5.49. The van der Waals surface area contributed by atoms with Gasteiger partial charge in [-0.05, 0) is 23.3 Å². The quantitative estimate of drug-likeness (QED) is 0.807. The molecule has 2 atom stereocenters. The minimum absolute atomic E-state index is 0.257. The van der Waals surface area contributed by atoms with Gasteiger partial charge in [-0.2, -0.15) is 0 Å². The molecule has 1 aliphatic heterocycles. The Morgan fingerprint density at radius 3 is 1.84 bits per heavy atom. The van der Waals surface area contributed by atoms with Crippen molar-refractivity contribution in [3.8, 4) is 5.69 Å². The number of allylic oxidation sites excluding steroid dienone is 10. The molecule has 0 N–H and O–H groups in total. The van der Waals surface area contributed by atoms with Crippen molar-refractivity contribution in [2.45, 2.75) is 12.1 Å². The number of hydrogen-bond donors (Lipinski definition) is 0. The molecule has 122 valence electrons. The summed E-state index contributed by atoms with van der Waals surface area (Å²) >= 11 is 0. The maximum atomic E-state index is 13.1. The summed E-state index contributed by atoms with van der Waals surface area (Å²) in [6.45, 7) is 0. The van der Waals surface area contributed by atoms with E-state index in [2.05, 4.69) is 0 Å². The van der Waals surface area contributed by atoms with Crippen LogP contribution in [0.4, 0.5) is 0 Å². The lowest BCUT2D eigenvalue weighted by molar-refractivity contribution is 0.524. The standard InChI is InChI=1S/C20H15N3O2/c24-19-21(15-10-2-1-3-11-15)20(25)23-17-13-7-5-9-14-8-4-6-12-16(18(14)17)22(19)23/h1-13,16-17H. The Balaban J connectivity index is 1.85. The van der Waals surface area contributed by atoms with E-state index in [4.69, 9.17) is 0 Å². The summed E-state index contributed by atoms with van der Waals surface area (Å²) in [6.07, 6.45) is 15.8. The Hall–Kier alpha value is -3.34. The van der Waals surface area contributed by atoms with Crippen molar-refractivity contribution in [2.75, 3.05) is 0 Å². The van der Waals surface area contributed by atoms with Crippen LogP contribution in [0.5, 0.6) is 0 Å². The number of rotatable bonds is 1. The van der Waals surface area contributed by atoms with Crippen molar-refractivity contribution in [3.63, 3.8) is 0 Å². The highest BCUT2D eigenvalue weighted by Gasteiger charge is 2.39. The first-order chi connectivity index (χ1) is 12.3. The van der Waals surface area contributed by atoms with Crippen molar-refractivity contribution in [1.29, 1.82) is 0 Å². The summed E-state index contributed by atoms with van der Waals surface area (Å²) in [4.78, 5) is 26.2. The van der Waals surface area contributed by atoms with Crippen molar-refractivity contribution in [3.05, 3.63) is 111 Å². The maximum Gasteiger partial charge on any atom is 0.352 e. The van der Waals surface area contributed by atoms with Crippen LogP contribution in [0, 0.1) is 0 Å². The maximum absolute atomic E-state index is 13.1. The zero-order valence-corrected chi connectivity index (χ0v) is 13.3. The van der Waals surface area contributed by atoms with Gasteiger partial charge in [-0.1, -0.05) is 66.8 Å². The zero-order valence-electron chi connectivity index (χ0n) is 13.3. The van der Waals surface area contributed by atoms with Crippen LogP contribution in [-0.4, -0.2) is 13.9 Å². The molecule has 0 radical (unpaired) electrons. The number of aromatic nitrogens is 3. The van der Waals surface area contributed by atoms with E-state index < -0.39 is 0 Å². The molecular formula is C20H15N3O2. The van der Waals surface area contributed by atoms with Crippen LogP contribution < -0.4 is 11.4 Å². The molecule has 0 spiro atoms. The zero-order chi connectivity index (χ0) is 17.0. The van der Waals surface area contributed by atoms with E-state index in [1.807, 2.05) is 66.8 Å². The molecule has 25 heavy (non-hydrogen) atoms. The predicted octanol–water partition coefficient (Wildman–Crippen LogP) is 2.45. The van der Waals surface area contributed by atoms with Gasteiger partial charge in [0.15, 0.2) is 0 Å². The lowest BCUT2D eigenvalue weighted by Gasteiger charge is -2.12. The van der Waals surface area contributed by atoms with E-state index in [0.29, 0.717) is 5.69 Å². The number of benzene rings is 1. The van der Waals surface area contributed by atoms with Crippen LogP contribution in [0.1, 0.15) is 12.1 Å². The second-order valence-electron chi connectivity index (χ2n) is 6.21. The van der Waals surface area contributed by atoms with E-state index in [-0.39, 0.29) is 23.5 Å². The van der Waals surface area contributed by atoms with Crippen molar-refractivity contribution < 1.29 is 0 Å². The molecule has 2 unspecified atom stereocenters. The fourth-order valence-corrected chi connectivity index (χ4v) is 3.83. The summed E-state index contributed by atoms with van der Waals surface area (Å²) < 4.78 is 4.39. The van der Waals surface area contributed by atoms with Gasteiger partial charge in [-0.15, -0.1) is 0 Å². The SMILES string of the molecule is O=c1n(-c2ccccc2)c(=O)n2n1C1C=CC=CC3=C1C2C=CC=C3. The van der Waals surface area contributed by atoms with Gasteiger partial charge in [0, 0.05) is 0 Å². The van der Waals surface area contributed by atoms with E-state index in [1.54, 1.807) is 21.5 Å². The Kier molecular flexibility index (Phi) is 2.85. The molecule has 0 bridgehead atoms. The van der Waals surface area contributed by atoms with Gasteiger partial charge >= 0.3 is 11.4 Å². The van der Waals surface area contributed by atoms with Gasteiger partial charge in [0.1, 0.15) is 0 Å². The molecular weight excluding hydrogens is 314 g/mol. The second kappa shape index (κ2) is 5.08. The second-order valence-corrected chi connectivity index (χ2v) is 6.21. The van der Waals surface area contributed by atoms with E-state index in [1.165, 1.54) is 4.57 Å². The van der Waals surface area contributed by atoms with Gasteiger partial charge in [-0.25, -0.2) is 23.5 Å². The molecule has 5 nitrogen and oxygen atoms in total. The van der Waals surface area contributed by atoms with Crippen LogP contribution in [0.2, 0.25) is 0 Å². The van der Waals surface area contributed by atoms with Crippen molar-refractivity contribution in [1.82, 2.24) is 13.9 Å². The number of fused-ring (bicyclic) bond motifs is 3. The predicted molar refractivity (Wildman–Crippen MR) is 95.9 cm³/mol. The number of hydrogen-bond acceptors (Lipinski definition) is 2. The summed E-state index contributed by atoms with van der Waals surface area (Å²) in [5.41, 5.74) is 2.06. The van der Waals surface area contributed by atoms with Crippen molar-refractivity contribution in [2.24, 2.45) is 0 Å². The Bertz CT molecular complexity index is 1070. The van der Waals surface area contributed by atoms with Crippen LogP contribution in [-0.2, 0) is 0 Å². The Morgan fingerprint density at radius 1 is 0.720 bits per heavy atom. The first kappa shape index (κ1) is 14.0. The molecule has 2 aliphatic carbocycles. The third kappa shape index (κ3) is 1.83. The molecule has 0 saturated carbocycles. The highest BCUT2D eigenvalue weighted by Crippen LogP contribution is 2.40. The molecule has 0 fully saturated rings. The smallest absolute Gasteiger partial charge is 0.245 e. The summed E-state index contributed by atoms with van der Waals surface area (Å²) in [5, 5.41) is 0. The van der Waals surface area contributed by atoms with Crippen molar-refractivity contribution >= 4 is 0 Å². The fourth-order valence-electron chi connectivity index (χ4n) is 3.83. The lowest BCUT2D eigenvalue weighted by atomic mass is 9.96. The molecule has 2 aromatic rings. The molecule has 1 aromatic carbocycles. The van der Waals surface area contributed by atoms with Gasteiger partial charge in [0.05, 0.1) is 17.8 Å². The average Bonchev–Trinajstić information content (AvgIpc) is 2.86. The van der Waals surface area contributed by atoms with Crippen LogP contribution in [0.3, 0.4) is 0 Å². The van der Waals surface area contributed by atoms with E-state index in [0.717, 1.165) is 11.1 Å². The first-order valence-corrected chi connectivity index (χ1v) is 8.22. The minimum Gasteiger partial charge on any atom is -0.245 e.